The molecule has 1 fully saturated rings. The fourth-order valence-corrected chi connectivity index (χ4v) is 3.05. The van der Waals surface area contributed by atoms with Crippen molar-refractivity contribution in [3.63, 3.8) is 0 Å². The van der Waals surface area contributed by atoms with Crippen LogP contribution in [0, 0.1) is 5.92 Å². The molecule has 0 N–H and O–H groups in total. The Hall–Kier alpha value is -1.58. The van der Waals surface area contributed by atoms with Gasteiger partial charge in [-0.05, 0) is 64.9 Å². The number of ether oxygens (including phenoxy) is 2. The average Bonchev–Trinajstić information content (AvgIpc) is 2.60. The number of carbonyl (C=O) groups excluding carboxylic acids is 2. The van der Waals surface area contributed by atoms with Crippen molar-refractivity contribution >= 4 is 11.9 Å². The molecular formula is C22H36O4. The fourth-order valence-electron chi connectivity index (χ4n) is 3.05. The number of carbonyl (C=O) groups is 2. The van der Waals surface area contributed by atoms with Crippen LogP contribution in [0.3, 0.4) is 0 Å². The summed E-state index contributed by atoms with van der Waals surface area (Å²) >= 11 is 0. The predicted octanol–water partition coefficient (Wildman–Crippen LogP) is 5.52. The lowest BCUT2D eigenvalue weighted by Crippen LogP contribution is -2.16. The molecule has 0 atom stereocenters. The van der Waals surface area contributed by atoms with E-state index in [2.05, 4.69) is 26.8 Å². The van der Waals surface area contributed by atoms with Gasteiger partial charge in [0.15, 0.2) is 0 Å². The molecule has 0 radical (unpaired) electrons. The number of rotatable bonds is 11. The largest absolute Gasteiger partial charge is 0.465 e. The van der Waals surface area contributed by atoms with E-state index < -0.39 is 0 Å². The van der Waals surface area contributed by atoms with Gasteiger partial charge in [-0.25, -0.2) is 0 Å². The van der Waals surface area contributed by atoms with Crippen LogP contribution in [0.4, 0.5) is 0 Å². The molecule has 0 aliphatic heterocycles. The average molecular weight is 365 g/mol. The minimum Gasteiger partial charge on any atom is -0.465 e. The van der Waals surface area contributed by atoms with Crippen LogP contribution in [-0.4, -0.2) is 25.2 Å². The molecule has 0 saturated heterocycles. The van der Waals surface area contributed by atoms with Gasteiger partial charge in [0.05, 0.1) is 6.61 Å². The molecule has 4 heteroatoms. The number of hydrogen-bond acceptors (Lipinski definition) is 4. The SMILES string of the molecule is CC(C)=CCC/C(C)=C/COC(=O)CCCC(=O)OCC1CCCCC1. The Morgan fingerprint density at radius 3 is 2.19 bits per heavy atom. The third-order valence-electron chi connectivity index (χ3n) is 4.73. The lowest BCUT2D eigenvalue weighted by atomic mass is 9.90. The third kappa shape index (κ3) is 11.9. The summed E-state index contributed by atoms with van der Waals surface area (Å²) in [6.45, 7) is 7.08. The molecule has 1 aliphatic rings. The van der Waals surface area contributed by atoms with Crippen LogP contribution in [-0.2, 0) is 19.1 Å². The Morgan fingerprint density at radius 2 is 1.54 bits per heavy atom. The summed E-state index contributed by atoms with van der Waals surface area (Å²) in [7, 11) is 0. The van der Waals surface area contributed by atoms with E-state index in [1.807, 2.05) is 6.08 Å². The van der Waals surface area contributed by atoms with Gasteiger partial charge >= 0.3 is 11.9 Å². The maximum absolute atomic E-state index is 11.7. The van der Waals surface area contributed by atoms with E-state index >= 15 is 0 Å². The standard InChI is InChI=1S/C22H36O4/c1-18(2)9-7-10-19(3)15-16-25-21(23)13-8-14-22(24)26-17-20-11-5-4-6-12-20/h9,15,20H,4-8,10-14,16-17H2,1-3H3/b19-15+. The molecule has 26 heavy (non-hydrogen) atoms. The van der Waals surface area contributed by atoms with Gasteiger partial charge in [0.25, 0.3) is 0 Å². The van der Waals surface area contributed by atoms with Crippen molar-refractivity contribution < 1.29 is 19.1 Å². The second kappa shape index (κ2) is 13.6. The first-order chi connectivity index (χ1) is 12.5. The molecule has 1 rings (SSSR count). The first kappa shape index (κ1) is 22.5. The molecular weight excluding hydrogens is 328 g/mol. The van der Waals surface area contributed by atoms with Gasteiger partial charge in [-0.3, -0.25) is 9.59 Å². The van der Waals surface area contributed by atoms with E-state index in [0.717, 1.165) is 12.8 Å². The van der Waals surface area contributed by atoms with Gasteiger partial charge < -0.3 is 9.47 Å². The van der Waals surface area contributed by atoms with Crippen molar-refractivity contribution in [2.45, 2.75) is 85.0 Å². The lowest BCUT2D eigenvalue weighted by Gasteiger charge is -2.20. The Labute approximate surface area is 159 Å². The van der Waals surface area contributed by atoms with E-state index in [9.17, 15) is 9.59 Å². The Kier molecular flexibility index (Phi) is 11.7. The molecule has 148 valence electrons. The molecule has 0 amide bonds. The fraction of sp³-hybridized carbons (Fsp3) is 0.727. The summed E-state index contributed by atoms with van der Waals surface area (Å²) in [5.41, 5.74) is 2.54. The van der Waals surface area contributed by atoms with Crippen molar-refractivity contribution in [3.05, 3.63) is 23.3 Å². The zero-order valence-corrected chi connectivity index (χ0v) is 16.9. The highest BCUT2D eigenvalue weighted by Gasteiger charge is 2.15. The van der Waals surface area contributed by atoms with Crippen molar-refractivity contribution in [1.29, 1.82) is 0 Å². The molecule has 0 aromatic carbocycles. The summed E-state index contributed by atoms with van der Waals surface area (Å²) in [6.07, 6.45) is 13.3. The van der Waals surface area contributed by atoms with Crippen molar-refractivity contribution in [2.75, 3.05) is 13.2 Å². The van der Waals surface area contributed by atoms with Crippen molar-refractivity contribution in [3.8, 4) is 0 Å². The van der Waals surface area contributed by atoms with Crippen LogP contribution >= 0.6 is 0 Å². The zero-order valence-electron chi connectivity index (χ0n) is 16.9. The van der Waals surface area contributed by atoms with E-state index in [1.54, 1.807) is 0 Å². The summed E-state index contributed by atoms with van der Waals surface area (Å²) in [6, 6.07) is 0. The van der Waals surface area contributed by atoms with Crippen LogP contribution in [0.15, 0.2) is 23.3 Å². The highest BCUT2D eigenvalue weighted by Crippen LogP contribution is 2.23. The smallest absolute Gasteiger partial charge is 0.306 e. The molecule has 1 saturated carbocycles. The highest BCUT2D eigenvalue weighted by molar-refractivity contribution is 5.72. The van der Waals surface area contributed by atoms with Crippen LogP contribution in [0.1, 0.15) is 85.0 Å². The van der Waals surface area contributed by atoms with Gasteiger partial charge in [-0.1, -0.05) is 36.5 Å². The summed E-state index contributed by atoms with van der Waals surface area (Å²) in [5, 5.41) is 0. The number of hydrogen-bond donors (Lipinski definition) is 0. The first-order valence-electron chi connectivity index (χ1n) is 10.1. The molecule has 0 heterocycles. The van der Waals surface area contributed by atoms with Crippen LogP contribution in [0.25, 0.3) is 0 Å². The highest BCUT2D eigenvalue weighted by atomic mass is 16.5. The van der Waals surface area contributed by atoms with Crippen molar-refractivity contribution in [1.82, 2.24) is 0 Å². The Bertz CT molecular complexity index is 480. The normalized spacial score (nSPS) is 15.4. The van der Waals surface area contributed by atoms with E-state index in [4.69, 9.17) is 9.47 Å². The number of allylic oxidation sites excluding steroid dienone is 3. The van der Waals surface area contributed by atoms with Gasteiger partial charge in [0.1, 0.15) is 6.61 Å². The summed E-state index contributed by atoms with van der Waals surface area (Å²) < 4.78 is 10.5. The Morgan fingerprint density at radius 1 is 0.885 bits per heavy atom. The van der Waals surface area contributed by atoms with Crippen molar-refractivity contribution in [2.24, 2.45) is 5.92 Å². The lowest BCUT2D eigenvalue weighted by molar-refractivity contribution is -0.146. The summed E-state index contributed by atoms with van der Waals surface area (Å²) in [5.74, 6) is 0.0845. The van der Waals surface area contributed by atoms with Gasteiger partial charge in [-0.2, -0.15) is 0 Å². The monoisotopic (exact) mass is 364 g/mol. The topological polar surface area (TPSA) is 52.6 Å². The van der Waals surface area contributed by atoms with Crippen LogP contribution in [0.5, 0.6) is 0 Å². The van der Waals surface area contributed by atoms with Gasteiger partial charge in [0, 0.05) is 12.8 Å². The van der Waals surface area contributed by atoms with E-state index in [1.165, 1.54) is 43.3 Å². The predicted molar refractivity (Wildman–Crippen MR) is 105 cm³/mol. The zero-order chi connectivity index (χ0) is 19.2. The van der Waals surface area contributed by atoms with Gasteiger partial charge in [-0.15, -0.1) is 0 Å². The van der Waals surface area contributed by atoms with Crippen LogP contribution < -0.4 is 0 Å². The quantitative estimate of drug-likeness (QED) is 0.358. The molecule has 0 aromatic heterocycles. The van der Waals surface area contributed by atoms with E-state index in [0.29, 0.717) is 32.0 Å². The molecule has 0 aromatic rings. The minimum atomic E-state index is -0.251. The minimum absolute atomic E-state index is 0.196. The first-order valence-corrected chi connectivity index (χ1v) is 10.1. The molecule has 0 unspecified atom stereocenters. The molecule has 0 bridgehead atoms. The summed E-state index contributed by atoms with van der Waals surface area (Å²) in [4.78, 5) is 23.4. The maximum atomic E-state index is 11.7. The third-order valence-corrected chi connectivity index (χ3v) is 4.73. The molecule has 1 aliphatic carbocycles. The maximum Gasteiger partial charge on any atom is 0.306 e. The Balaban J connectivity index is 2.04. The second-order valence-electron chi connectivity index (χ2n) is 7.59. The number of esters is 2. The second-order valence-corrected chi connectivity index (χ2v) is 7.59. The molecule has 0 spiro atoms. The van der Waals surface area contributed by atoms with Crippen LogP contribution in [0.2, 0.25) is 0 Å². The van der Waals surface area contributed by atoms with Gasteiger partial charge in [0.2, 0.25) is 0 Å². The van der Waals surface area contributed by atoms with E-state index in [-0.39, 0.29) is 18.4 Å². The molecule has 4 nitrogen and oxygen atoms in total.